The highest BCUT2D eigenvalue weighted by Crippen LogP contribution is 2.43. The molecular weight excluding hydrogens is 305 g/mol. The molecule has 0 aromatic heterocycles. The van der Waals surface area contributed by atoms with E-state index >= 15 is 0 Å². The van der Waals surface area contributed by atoms with Crippen molar-refractivity contribution in [1.82, 2.24) is 0 Å². The van der Waals surface area contributed by atoms with Crippen LogP contribution in [-0.2, 0) is 6.42 Å². The van der Waals surface area contributed by atoms with Crippen LogP contribution in [0, 0.1) is 28.5 Å². The van der Waals surface area contributed by atoms with Crippen molar-refractivity contribution >= 4 is 15.9 Å². The van der Waals surface area contributed by atoms with Crippen LogP contribution in [0.4, 0.5) is 4.39 Å². The zero-order valence-corrected chi connectivity index (χ0v) is 12.8. The Labute approximate surface area is 123 Å². The van der Waals surface area contributed by atoms with Gasteiger partial charge in [0.15, 0.2) is 0 Å². The van der Waals surface area contributed by atoms with Crippen molar-refractivity contribution in [3.05, 3.63) is 34.1 Å². The molecule has 0 atom stereocenters. The van der Waals surface area contributed by atoms with Gasteiger partial charge in [-0.25, -0.2) is 4.39 Å². The van der Waals surface area contributed by atoms with Crippen molar-refractivity contribution in [3.63, 3.8) is 0 Å². The van der Waals surface area contributed by atoms with Crippen molar-refractivity contribution in [3.8, 4) is 6.07 Å². The highest BCUT2D eigenvalue weighted by atomic mass is 79.9. The Morgan fingerprint density at radius 3 is 2.68 bits per heavy atom. The third kappa shape index (κ3) is 3.17. The molecule has 0 amide bonds. The van der Waals surface area contributed by atoms with E-state index in [0.717, 1.165) is 37.2 Å². The van der Waals surface area contributed by atoms with Gasteiger partial charge in [0.05, 0.1) is 16.0 Å². The van der Waals surface area contributed by atoms with Crippen LogP contribution in [0.25, 0.3) is 0 Å². The summed E-state index contributed by atoms with van der Waals surface area (Å²) in [5, 5.41) is 9.56. The Kier molecular flexibility index (Phi) is 4.62. The fourth-order valence-electron chi connectivity index (χ4n) is 3.02. The van der Waals surface area contributed by atoms with E-state index in [0.29, 0.717) is 10.9 Å². The monoisotopic (exact) mass is 323 g/mol. The Hall–Kier alpha value is -0.880. The first-order chi connectivity index (χ1) is 9.10. The zero-order chi connectivity index (χ0) is 13.9. The van der Waals surface area contributed by atoms with Gasteiger partial charge in [-0.3, -0.25) is 0 Å². The number of nitrogens with zero attached hydrogens (tertiary/aromatic N) is 1. The minimum Gasteiger partial charge on any atom is -0.206 e. The predicted octanol–water partition coefficient (Wildman–Crippen LogP) is 5.24. The molecule has 1 fully saturated rings. The van der Waals surface area contributed by atoms with Crippen molar-refractivity contribution in [2.75, 3.05) is 0 Å². The predicted molar refractivity (Wildman–Crippen MR) is 78.1 cm³/mol. The quantitative estimate of drug-likeness (QED) is 0.746. The number of halogens is 2. The summed E-state index contributed by atoms with van der Waals surface area (Å²) in [7, 11) is 0. The SMILES string of the molecule is CCC1CCC(C#N)(Cc2cccc(F)c2Br)CC1. The lowest BCUT2D eigenvalue weighted by Gasteiger charge is -2.35. The van der Waals surface area contributed by atoms with Crippen molar-refractivity contribution in [2.24, 2.45) is 11.3 Å². The van der Waals surface area contributed by atoms with E-state index in [4.69, 9.17) is 0 Å². The van der Waals surface area contributed by atoms with Crippen LogP contribution in [-0.4, -0.2) is 0 Å². The van der Waals surface area contributed by atoms with Crippen LogP contribution >= 0.6 is 15.9 Å². The second-order valence-corrected chi connectivity index (χ2v) is 6.43. The average Bonchev–Trinajstić information content (AvgIpc) is 2.45. The van der Waals surface area contributed by atoms with Gasteiger partial charge in [0.2, 0.25) is 0 Å². The minimum absolute atomic E-state index is 0.243. The average molecular weight is 324 g/mol. The largest absolute Gasteiger partial charge is 0.206 e. The zero-order valence-electron chi connectivity index (χ0n) is 11.3. The van der Waals surface area contributed by atoms with Gasteiger partial charge in [-0.05, 0) is 65.6 Å². The van der Waals surface area contributed by atoms with E-state index in [1.165, 1.54) is 12.5 Å². The Bertz CT molecular complexity index is 484. The van der Waals surface area contributed by atoms with Crippen molar-refractivity contribution < 1.29 is 4.39 Å². The van der Waals surface area contributed by atoms with E-state index in [1.54, 1.807) is 6.07 Å². The Morgan fingerprint density at radius 2 is 2.11 bits per heavy atom. The Morgan fingerprint density at radius 1 is 1.42 bits per heavy atom. The lowest BCUT2D eigenvalue weighted by atomic mass is 9.68. The first kappa shape index (κ1) is 14.5. The summed E-state index contributed by atoms with van der Waals surface area (Å²) in [6, 6.07) is 7.59. The van der Waals surface area contributed by atoms with Gasteiger partial charge < -0.3 is 0 Å². The number of nitriles is 1. The fraction of sp³-hybridized carbons (Fsp3) is 0.562. The molecule has 1 nitrogen and oxygen atoms in total. The van der Waals surface area contributed by atoms with Crippen molar-refractivity contribution in [2.45, 2.75) is 45.4 Å². The molecule has 0 aliphatic heterocycles. The van der Waals surface area contributed by atoms with E-state index in [9.17, 15) is 9.65 Å². The second kappa shape index (κ2) is 6.05. The third-order valence-electron chi connectivity index (χ3n) is 4.44. The van der Waals surface area contributed by atoms with Gasteiger partial charge in [-0.2, -0.15) is 5.26 Å². The molecule has 0 unspecified atom stereocenters. The molecule has 0 radical (unpaired) electrons. The minimum atomic E-state index is -0.304. The number of hydrogen-bond donors (Lipinski definition) is 0. The molecule has 0 N–H and O–H groups in total. The van der Waals surface area contributed by atoms with E-state index in [-0.39, 0.29) is 11.2 Å². The molecule has 1 aromatic carbocycles. The maximum atomic E-state index is 13.5. The fourth-order valence-corrected chi connectivity index (χ4v) is 3.42. The summed E-state index contributed by atoms with van der Waals surface area (Å²) < 4.78 is 14.1. The summed E-state index contributed by atoms with van der Waals surface area (Å²) in [4.78, 5) is 0. The molecule has 0 saturated heterocycles. The molecule has 3 heteroatoms. The normalized spacial score (nSPS) is 26.9. The summed E-state index contributed by atoms with van der Waals surface area (Å²) in [6.07, 6.45) is 5.97. The molecule has 19 heavy (non-hydrogen) atoms. The van der Waals surface area contributed by atoms with Gasteiger partial charge in [0.1, 0.15) is 5.82 Å². The maximum absolute atomic E-state index is 13.5. The molecule has 2 rings (SSSR count). The summed E-state index contributed by atoms with van der Waals surface area (Å²) in [6.45, 7) is 2.22. The molecule has 0 bridgehead atoms. The summed E-state index contributed by atoms with van der Waals surface area (Å²) >= 11 is 3.30. The highest BCUT2D eigenvalue weighted by molar-refractivity contribution is 9.10. The molecule has 1 aliphatic carbocycles. The summed E-state index contributed by atoms with van der Waals surface area (Å²) in [5.74, 6) is 0.519. The third-order valence-corrected chi connectivity index (χ3v) is 5.33. The van der Waals surface area contributed by atoms with Gasteiger partial charge in [0.25, 0.3) is 0 Å². The van der Waals surface area contributed by atoms with E-state index in [2.05, 4.69) is 28.9 Å². The first-order valence-electron chi connectivity index (χ1n) is 6.94. The van der Waals surface area contributed by atoms with Crippen molar-refractivity contribution in [1.29, 1.82) is 5.26 Å². The van der Waals surface area contributed by atoms with E-state index in [1.807, 2.05) is 6.07 Å². The van der Waals surface area contributed by atoms with Crippen LogP contribution in [0.5, 0.6) is 0 Å². The van der Waals surface area contributed by atoms with Crippen LogP contribution < -0.4 is 0 Å². The highest BCUT2D eigenvalue weighted by Gasteiger charge is 2.35. The maximum Gasteiger partial charge on any atom is 0.137 e. The van der Waals surface area contributed by atoms with Crippen LogP contribution in [0.3, 0.4) is 0 Å². The van der Waals surface area contributed by atoms with Gasteiger partial charge in [-0.1, -0.05) is 25.5 Å². The molecule has 0 spiro atoms. The molecule has 1 aromatic rings. The molecule has 1 aliphatic rings. The molecule has 102 valence electrons. The molecule has 0 heterocycles. The van der Waals surface area contributed by atoms with E-state index < -0.39 is 0 Å². The lowest BCUT2D eigenvalue weighted by Crippen LogP contribution is -2.28. The Balaban J connectivity index is 2.16. The van der Waals surface area contributed by atoms with Crippen LogP contribution in [0.1, 0.15) is 44.6 Å². The van der Waals surface area contributed by atoms with Crippen LogP contribution in [0.2, 0.25) is 0 Å². The smallest absolute Gasteiger partial charge is 0.137 e. The number of rotatable bonds is 3. The van der Waals surface area contributed by atoms with Gasteiger partial charge in [-0.15, -0.1) is 0 Å². The second-order valence-electron chi connectivity index (χ2n) is 5.63. The molecule has 1 saturated carbocycles. The van der Waals surface area contributed by atoms with Crippen LogP contribution in [0.15, 0.2) is 22.7 Å². The summed E-state index contributed by atoms with van der Waals surface area (Å²) in [5.41, 5.74) is 0.610. The number of benzene rings is 1. The molecular formula is C16H19BrFN. The number of hydrogen-bond acceptors (Lipinski definition) is 1. The van der Waals surface area contributed by atoms with Gasteiger partial charge >= 0.3 is 0 Å². The van der Waals surface area contributed by atoms with Gasteiger partial charge in [0, 0.05) is 0 Å². The lowest BCUT2D eigenvalue weighted by molar-refractivity contribution is 0.205. The topological polar surface area (TPSA) is 23.8 Å². The standard InChI is InChI=1S/C16H19BrFN/c1-2-12-6-8-16(11-19,9-7-12)10-13-4-3-5-14(18)15(13)17/h3-5,12H,2,6-10H2,1H3. The first-order valence-corrected chi connectivity index (χ1v) is 7.73.